The number of hydrogen-bond donors (Lipinski definition) is 0. The molecule has 2 aromatic rings. The molecule has 1 heterocycles. The van der Waals surface area contributed by atoms with Crippen LogP contribution >= 0.6 is 0 Å². The summed E-state index contributed by atoms with van der Waals surface area (Å²) in [5.74, 6) is 1.94. The summed E-state index contributed by atoms with van der Waals surface area (Å²) in [4.78, 5) is 17.2. The molecule has 0 aromatic heterocycles. The molecule has 0 unspecified atom stereocenters. The van der Waals surface area contributed by atoms with E-state index in [1.165, 1.54) is 5.56 Å². The number of carbonyl (C=O) groups excluding carboxylic acids is 1. The second-order valence-electron chi connectivity index (χ2n) is 6.69. The zero-order valence-electron chi connectivity index (χ0n) is 16.8. The van der Waals surface area contributed by atoms with Crippen LogP contribution in [0.1, 0.15) is 22.8 Å². The zero-order chi connectivity index (χ0) is 19.9. The van der Waals surface area contributed by atoms with Gasteiger partial charge in [0.2, 0.25) is 0 Å². The van der Waals surface area contributed by atoms with Gasteiger partial charge in [0.25, 0.3) is 5.91 Å². The third-order valence-corrected chi connectivity index (χ3v) is 4.93. The molecule has 0 saturated carbocycles. The number of methoxy groups -OCH3 is 2. The Morgan fingerprint density at radius 2 is 1.68 bits per heavy atom. The average Bonchev–Trinajstić information content (AvgIpc) is 2.74. The Balaban J connectivity index is 1.58. The molecule has 1 fully saturated rings. The van der Waals surface area contributed by atoms with Gasteiger partial charge in [0.1, 0.15) is 5.75 Å². The van der Waals surface area contributed by atoms with Crippen LogP contribution < -0.4 is 14.2 Å². The van der Waals surface area contributed by atoms with Gasteiger partial charge in [-0.25, -0.2) is 0 Å². The minimum atomic E-state index is -0.0172. The van der Waals surface area contributed by atoms with Crippen LogP contribution in [-0.4, -0.2) is 62.7 Å². The lowest BCUT2D eigenvalue weighted by Gasteiger charge is -2.35. The molecule has 0 atom stereocenters. The first kappa shape index (κ1) is 20.0. The number of rotatable bonds is 7. The first-order valence-corrected chi connectivity index (χ1v) is 9.60. The Morgan fingerprint density at radius 3 is 2.29 bits per heavy atom. The van der Waals surface area contributed by atoms with Crippen LogP contribution in [0.4, 0.5) is 0 Å². The molecule has 0 N–H and O–H groups in total. The summed E-state index contributed by atoms with van der Waals surface area (Å²) in [6.07, 6.45) is 0. The van der Waals surface area contributed by atoms with Gasteiger partial charge in [-0.1, -0.05) is 18.2 Å². The Hall–Kier alpha value is -2.73. The van der Waals surface area contributed by atoms with Crippen molar-refractivity contribution in [3.05, 3.63) is 53.6 Å². The molecule has 2 aromatic carbocycles. The summed E-state index contributed by atoms with van der Waals surface area (Å²) in [6.45, 7) is 6.59. The van der Waals surface area contributed by atoms with Gasteiger partial charge >= 0.3 is 0 Å². The third kappa shape index (κ3) is 4.57. The minimum Gasteiger partial charge on any atom is -0.494 e. The Bertz CT molecular complexity index is 784. The molecule has 150 valence electrons. The van der Waals surface area contributed by atoms with Crippen molar-refractivity contribution in [3.63, 3.8) is 0 Å². The van der Waals surface area contributed by atoms with Crippen LogP contribution in [0, 0.1) is 0 Å². The molecular formula is C22H28N2O4. The first-order valence-electron chi connectivity index (χ1n) is 9.60. The lowest BCUT2D eigenvalue weighted by Crippen LogP contribution is -2.48. The standard InChI is InChI=1S/C22H28N2O4/c1-4-28-18-10-8-17(9-11-18)16-23-12-14-24(15-13-23)22(25)19-6-5-7-20(26-2)21(19)27-3/h5-11H,4,12-16H2,1-3H3. The lowest BCUT2D eigenvalue weighted by atomic mass is 10.1. The summed E-state index contributed by atoms with van der Waals surface area (Å²) in [6, 6.07) is 13.6. The van der Waals surface area contributed by atoms with E-state index in [9.17, 15) is 4.79 Å². The van der Waals surface area contributed by atoms with Crippen molar-refractivity contribution in [2.24, 2.45) is 0 Å². The highest BCUT2D eigenvalue weighted by molar-refractivity contribution is 5.97. The molecule has 0 radical (unpaired) electrons. The third-order valence-electron chi connectivity index (χ3n) is 4.93. The van der Waals surface area contributed by atoms with Gasteiger partial charge in [0.05, 0.1) is 26.4 Å². The van der Waals surface area contributed by atoms with Gasteiger partial charge in [-0.15, -0.1) is 0 Å². The molecule has 1 aliphatic rings. The van der Waals surface area contributed by atoms with E-state index in [2.05, 4.69) is 17.0 Å². The van der Waals surface area contributed by atoms with E-state index in [-0.39, 0.29) is 5.91 Å². The van der Waals surface area contributed by atoms with Crippen molar-refractivity contribution in [3.8, 4) is 17.2 Å². The van der Waals surface area contributed by atoms with Gasteiger partial charge in [-0.05, 0) is 36.8 Å². The van der Waals surface area contributed by atoms with Crippen molar-refractivity contribution in [1.82, 2.24) is 9.80 Å². The molecule has 1 saturated heterocycles. The topological polar surface area (TPSA) is 51.2 Å². The lowest BCUT2D eigenvalue weighted by molar-refractivity contribution is 0.0624. The predicted octanol–water partition coefficient (Wildman–Crippen LogP) is 3.06. The number of para-hydroxylation sites is 1. The normalized spacial score (nSPS) is 14.6. The maximum absolute atomic E-state index is 13.0. The van der Waals surface area contributed by atoms with Gasteiger partial charge < -0.3 is 19.1 Å². The number of nitrogens with zero attached hydrogens (tertiary/aromatic N) is 2. The molecule has 0 spiro atoms. The molecule has 0 bridgehead atoms. The fourth-order valence-corrected chi connectivity index (χ4v) is 3.45. The molecule has 1 amide bonds. The van der Waals surface area contributed by atoms with Gasteiger partial charge in [-0.3, -0.25) is 9.69 Å². The molecule has 0 aliphatic carbocycles. The average molecular weight is 384 g/mol. The number of amides is 1. The Labute approximate surface area is 166 Å². The van der Waals surface area contributed by atoms with Crippen molar-refractivity contribution in [2.45, 2.75) is 13.5 Å². The number of benzene rings is 2. The van der Waals surface area contributed by atoms with E-state index in [4.69, 9.17) is 14.2 Å². The molecule has 3 rings (SSSR count). The van der Waals surface area contributed by atoms with Crippen LogP contribution in [0.15, 0.2) is 42.5 Å². The fraction of sp³-hybridized carbons (Fsp3) is 0.409. The van der Waals surface area contributed by atoms with Crippen LogP contribution in [0.2, 0.25) is 0 Å². The van der Waals surface area contributed by atoms with E-state index in [0.29, 0.717) is 36.8 Å². The van der Waals surface area contributed by atoms with Crippen molar-refractivity contribution in [1.29, 1.82) is 0 Å². The van der Waals surface area contributed by atoms with E-state index < -0.39 is 0 Å². The van der Waals surface area contributed by atoms with Crippen LogP contribution in [0.5, 0.6) is 17.2 Å². The fourth-order valence-electron chi connectivity index (χ4n) is 3.45. The Kier molecular flexibility index (Phi) is 6.76. The van der Waals surface area contributed by atoms with Crippen molar-refractivity contribution >= 4 is 5.91 Å². The number of piperazine rings is 1. The quantitative estimate of drug-likeness (QED) is 0.734. The number of carbonyl (C=O) groups is 1. The summed E-state index contributed by atoms with van der Waals surface area (Å²) >= 11 is 0. The number of hydrogen-bond acceptors (Lipinski definition) is 5. The monoisotopic (exact) mass is 384 g/mol. The largest absolute Gasteiger partial charge is 0.494 e. The maximum atomic E-state index is 13.0. The Morgan fingerprint density at radius 1 is 0.964 bits per heavy atom. The van der Waals surface area contributed by atoms with Crippen molar-refractivity contribution in [2.75, 3.05) is 47.0 Å². The van der Waals surface area contributed by atoms with Crippen molar-refractivity contribution < 1.29 is 19.0 Å². The highest BCUT2D eigenvalue weighted by Gasteiger charge is 2.25. The van der Waals surface area contributed by atoms with E-state index in [0.717, 1.165) is 25.4 Å². The molecule has 1 aliphatic heterocycles. The molecule has 6 nitrogen and oxygen atoms in total. The molecule has 28 heavy (non-hydrogen) atoms. The summed E-state index contributed by atoms with van der Waals surface area (Å²) in [5.41, 5.74) is 1.79. The van der Waals surface area contributed by atoms with E-state index in [1.807, 2.05) is 30.0 Å². The smallest absolute Gasteiger partial charge is 0.257 e. The SMILES string of the molecule is CCOc1ccc(CN2CCN(C(=O)c3cccc(OC)c3OC)CC2)cc1. The van der Waals surface area contributed by atoms with Crippen LogP contribution in [0.3, 0.4) is 0 Å². The van der Waals surface area contributed by atoms with E-state index in [1.54, 1.807) is 26.4 Å². The number of ether oxygens (including phenoxy) is 3. The molecular weight excluding hydrogens is 356 g/mol. The molecule has 6 heteroatoms. The summed E-state index contributed by atoms with van der Waals surface area (Å²) in [7, 11) is 3.13. The van der Waals surface area contributed by atoms with Gasteiger partial charge in [0.15, 0.2) is 11.5 Å². The van der Waals surface area contributed by atoms with Gasteiger partial charge in [0, 0.05) is 32.7 Å². The van der Waals surface area contributed by atoms with E-state index >= 15 is 0 Å². The van der Waals surface area contributed by atoms with Crippen LogP contribution in [-0.2, 0) is 6.54 Å². The van der Waals surface area contributed by atoms with Gasteiger partial charge in [-0.2, -0.15) is 0 Å². The minimum absolute atomic E-state index is 0.0172. The highest BCUT2D eigenvalue weighted by Crippen LogP contribution is 2.31. The maximum Gasteiger partial charge on any atom is 0.257 e. The first-order chi connectivity index (χ1) is 13.7. The summed E-state index contributed by atoms with van der Waals surface area (Å²) in [5, 5.41) is 0. The second-order valence-corrected chi connectivity index (χ2v) is 6.69. The van der Waals surface area contributed by atoms with Crippen LogP contribution in [0.25, 0.3) is 0 Å². The second kappa shape index (κ2) is 9.46. The highest BCUT2D eigenvalue weighted by atomic mass is 16.5. The predicted molar refractivity (Wildman–Crippen MR) is 108 cm³/mol. The zero-order valence-corrected chi connectivity index (χ0v) is 16.8. The summed E-state index contributed by atoms with van der Waals surface area (Å²) < 4.78 is 16.2.